The molecule has 7 heteroatoms. The Hall–Kier alpha value is -1.02. The van der Waals surface area contributed by atoms with E-state index in [1.54, 1.807) is 0 Å². The van der Waals surface area contributed by atoms with E-state index in [0.717, 1.165) is 51.4 Å². The molecule has 0 radical (unpaired) electrons. The lowest BCUT2D eigenvalue weighted by atomic mass is 9.96. The van der Waals surface area contributed by atoms with Crippen molar-refractivity contribution >= 4 is 11.8 Å². The standard InChI is InChI=1S/C35H64O7/c1-3-4-5-6-7-8-9-10-11-12-13-17-20-31(38)33-23-24-34(42-33)32(39)22-21-29(37)18-15-14-16-19-30-26-28(25-27(2)36)35(40)41-30/h28-34,37-39H,3-26H2,1-2H3/t28-,29-,30-,31-,32-,33-,34-/m1/s1. The molecule has 0 bridgehead atoms. The van der Waals surface area contributed by atoms with Crippen LogP contribution in [0.2, 0.25) is 0 Å². The van der Waals surface area contributed by atoms with Crippen LogP contribution in [0.15, 0.2) is 0 Å². The average Bonchev–Trinajstić information content (AvgIpc) is 3.59. The van der Waals surface area contributed by atoms with Gasteiger partial charge in [0.15, 0.2) is 0 Å². The van der Waals surface area contributed by atoms with Gasteiger partial charge in [-0.3, -0.25) is 4.79 Å². The number of rotatable bonds is 26. The minimum Gasteiger partial charge on any atom is -0.462 e. The summed E-state index contributed by atoms with van der Waals surface area (Å²) in [4.78, 5) is 23.1. The van der Waals surface area contributed by atoms with E-state index >= 15 is 0 Å². The quantitative estimate of drug-likeness (QED) is 0.0707. The van der Waals surface area contributed by atoms with Gasteiger partial charge in [-0.05, 0) is 64.7 Å². The van der Waals surface area contributed by atoms with Crippen LogP contribution >= 0.6 is 0 Å². The maximum Gasteiger partial charge on any atom is 0.309 e. The Balaban J connectivity index is 1.43. The molecule has 42 heavy (non-hydrogen) atoms. The van der Waals surface area contributed by atoms with E-state index in [2.05, 4.69) is 6.92 Å². The Morgan fingerprint density at radius 3 is 1.86 bits per heavy atom. The van der Waals surface area contributed by atoms with Crippen LogP contribution in [-0.4, -0.2) is 63.7 Å². The summed E-state index contributed by atoms with van der Waals surface area (Å²) in [5.74, 6) is -0.489. The van der Waals surface area contributed by atoms with Crippen molar-refractivity contribution in [1.82, 2.24) is 0 Å². The van der Waals surface area contributed by atoms with Gasteiger partial charge in [-0.15, -0.1) is 0 Å². The zero-order chi connectivity index (χ0) is 30.6. The fourth-order valence-corrected chi connectivity index (χ4v) is 6.67. The number of hydrogen-bond donors (Lipinski definition) is 3. The van der Waals surface area contributed by atoms with Gasteiger partial charge in [0.25, 0.3) is 0 Å². The van der Waals surface area contributed by atoms with Gasteiger partial charge in [-0.2, -0.15) is 0 Å². The number of hydrogen-bond acceptors (Lipinski definition) is 7. The smallest absolute Gasteiger partial charge is 0.309 e. The van der Waals surface area contributed by atoms with Gasteiger partial charge < -0.3 is 29.6 Å². The first-order valence-electron chi connectivity index (χ1n) is 17.7. The SMILES string of the molecule is CCCCCCCCCCCCCC[C@@H](O)[C@H]1CC[C@H]([C@H](O)CC[C@H](O)CCCCC[C@@H]2C[C@@H](CC(C)=O)C(=O)O2)O1. The molecule has 7 atom stereocenters. The number of unbranched alkanes of at least 4 members (excludes halogenated alkanes) is 13. The second-order valence-corrected chi connectivity index (χ2v) is 13.4. The Morgan fingerprint density at radius 2 is 1.26 bits per heavy atom. The second kappa shape index (κ2) is 22.5. The van der Waals surface area contributed by atoms with Crippen molar-refractivity contribution in [2.24, 2.45) is 5.92 Å². The minimum absolute atomic E-state index is 0.0265. The van der Waals surface area contributed by atoms with Crippen LogP contribution < -0.4 is 0 Å². The zero-order valence-electron chi connectivity index (χ0n) is 27.0. The Morgan fingerprint density at radius 1 is 0.738 bits per heavy atom. The molecule has 2 rings (SSSR count). The molecule has 0 unspecified atom stereocenters. The van der Waals surface area contributed by atoms with Gasteiger partial charge in [-0.1, -0.05) is 96.8 Å². The van der Waals surface area contributed by atoms with E-state index in [4.69, 9.17) is 9.47 Å². The van der Waals surface area contributed by atoms with Crippen molar-refractivity contribution < 1.29 is 34.4 Å². The first kappa shape index (κ1) is 37.2. The van der Waals surface area contributed by atoms with Crippen LogP contribution in [0.4, 0.5) is 0 Å². The zero-order valence-corrected chi connectivity index (χ0v) is 27.0. The molecule has 2 heterocycles. The highest BCUT2D eigenvalue weighted by atomic mass is 16.6. The number of esters is 1. The first-order valence-corrected chi connectivity index (χ1v) is 17.7. The Bertz CT molecular complexity index is 713. The molecule has 0 amide bonds. The molecule has 2 fully saturated rings. The maximum atomic E-state index is 11.8. The normalized spacial score (nSPS) is 24.5. The van der Waals surface area contributed by atoms with Gasteiger partial charge >= 0.3 is 5.97 Å². The third-order valence-electron chi connectivity index (χ3n) is 9.35. The van der Waals surface area contributed by atoms with Crippen LogP contribution in [0, 0.1) is 5.92 Å². The number of aliphatic hydroxyl groups is 3. The van der Waals surface area contributed by atoms with Crippen molar-refractivity contribution in [3.05, 3.63) is 0 Å². The highest BCUT2D eigenvalue weighted by Gasteiger charge is 2.35. The van der Waals surface area contributed by atoms with Crippen LogP contribution in [0.25, 0.3) is 0 Å². The van der Waals surface area contributed by atoms with E-state index in [1.807, 2.05) is 0 Å². The molecular weight excluding hydrogens is 532 g/mol. The summed E-state index contributed by atoms with van der Waals surface area (Å²) >= 11 is 0. The molecule has 246 valence electrons. The molecular formula is C35H64O7. The van der Waals surface area contributed by atoms with Crippen molar-refractivity contribution in [3.63, 3.8) is 0 Å². The van der Waals surface area contributed by atoms with Gasteiger partial charge in [0.1, 0.15) is 11.9 Å². The fraction of sp³-hybridized carbons (Fsp3) is 0.943. The number of carbonyl (C=O) groups is 2. The molecule has 2 aliphatic heterocycles. The minimum atomic E-state index is -0.608. The summed E-state index contributed by atoms with van der Waals surface area (Å²) in [6.45, 7) is 3.77. The summed E-state index contributed by atoms with van der Waals surface area (Å²) in [7, 11) is 0. The molecule has 0 saturated carbocycles. The number of cyclic esters (lactones) is 1. The third kappa shape index (κ3) is 16.2. The van der Waals surface area contributed by atoms with E-state index in [9.17, 15) is 24.9 Å². The lowest BCUT2D eigenvalue weighted by Crippen LogP contribution is -2.31. The highest BCUT2D eigenvalue weighted by Crippen LogP contribution is 2.29. The Kier molecular flexibility index (Phi) is 19.9. The molecule has 0 aliphatic carbocycles. The van der Waals surface area contributed by atoms with Gasteiger partial charge in [0.05, 0.1) is 36.4 Å². The molecule has 0 aromatic rings. The number of ether oxygens (including phenoxy) is 2. The molecule has 7 nitrogen and oxygen atoms in total. The van der Waals surface area contributed by atoms with E-state index in [-0.39, 0.29) is 42.4 Å². The van der Waals surface area contributed by atoms with Crippen LogP contribution in [0.3, 0.4) is 0 Å². The molecule has 2 saturated heterocycles. The van der Waals surface area contributed by atoms with Gasteiger partial charge in [0.2, 0.25) is 0 Å². The summed E-state index contributed by atoms with van der Waals surface area (Å²) < 4.78 is 11.4. The number of Topliss-reactive ketones (excluding diaryl/α,β-unsaturated/α-hetero) is 1. The summed E-state index contributed by atoms with van der Waals surface area (Å²) in [5.41, 5.74) is 0. The van der Waals surface area contributed by atoms with E-state index < -0.39 is 18.3 Å². The summed E-state index contributed by atoms with van der Waals surface area (Å²) in [5, 5.41) is 31.6. The molecule has 0 spiro atoms. The maximum absolute atomic E-state index is 11.8. The lowest BCUT2D eigenvalue weighted by molar-refractivity contribution is -0.145. The van der Waals surface area contributed by atoms with Gasteiger partial charge in [-0.25, -0.2) is 0 Å². The van der Waals surface area contributed by atoms with E-state index in [1.165, 1.54) is 77.6 Å². The van der Waals surface area contributed by atoms with E-state index in [0.29, 0.717) is 25.7 Å². The third-order valence-corrected chi connectivity index (χ3v) is 9.35. The largest absolute Gasteiger partial charge is 0.462 e. The van der Waals surface area contributed by atoms with Crippen molar-refractivity contribution in [2.45, 2.75) is 205 Å². The second-order valence-electron chi connectivity index (χ2n) is 13.4. The fourth-order valence-electron chi connectivity index (χ4n) is 6.67. The molecule has 2 aliphatic rings. The first-order chi connectivity index (χ1) is 20.3. The molecule has 3 N–H and O–H groups in total. The summed E-state index contributed by atoms with van der Waals surface area (Å²) in [6.07, 6.45) is 22.2. The van der Waals surface area contributed by atoms with Crippen LogP contribution in [0.5, 0.6) is 0 Å². The highest BCUT2D eigenvalue weighted by molar-refractivity contribution is 5.83. The molecule has 0 aromatic heterocycles. The number of carbonyl (C=O) groups excluding carboxylic acids is 2. The van der Waals surface area contributed by atoms with Crippen molar-refractivity contribution in [1.29, 1.82) is 0 Å². The topological polar surface area (TPSA) is 113 Å². The Labute approximate surface area is 256 Å². The van der Waals surface area contributed by atoms with Crippen molar-refractivity contribution in [2.75, 3.05) is 0 Å². The predicted octanol–water partition coefficient (Wildman–Crippen LogP) is 7.35. The number of aliphatic hydroxyl groups excluding tert-OH is 3. The van der Waals surface area contributed by atoms with Gasteiger partial charge in [0, 0.05) is 6.42 Å². The molecule has 0 aromatic carbocycles. The number of ketones is 1. The monoisotopic (exact) mass is 596 g/mol. The van der Waals surface area contributed by atoms with Crippen LogP contribution in [-0.2, 0) is 19.1 Å². The van der Waals surface area contributed by atoms with Crippen molar-refractivity contribution in [3.8, 4) is 0 Å². The summed E-state index contributed by atoms with van der Waals surface area (Å²) in [6, 6.07) is 0. The van der Waals surface area contributed by atoms with Crippen LogP contribution in [0.1, 0.15) is 168 Å². The predicted molar refractivity (Wildman–Crippen MR) is 167 cm³/mol. The lowest BCUT2D eigenvalue weighted by Gasteiger charge is -2.23. The average molecular weight is 597 g/mol.